The van der Waals surface area contributed by atoms with Crippen molar-refractivity contribution in [1.29, 1.82) is 0 Å². The second-order valence-electron chi connectivity index (χ2n) is 6.91. The van der Waals surface area contributed by atoms with E-state index >= 15 is 0 Å². The van der Waals surface area contributed by atoms with Crippen molar-refractivity contribution in [2.45, 2.75) is 35.5 Å². The number of sulfonamides is 1. The third-order valence-corrected chi connectivity index (χ3v) is 7.77. The number of thioether (sulfide) groups is 1. The van der Waals surface area contributed by atoms with E-state index in [0.29, 0.717) is 29.4 Å². The molecule has 1 saturated heterocycles. The summed E-state index contributed by atoms with van der Waals surface area (Å²) in [6.45, 7) is 0.963. The molecule has 0 radical (unpaired) electrons. The summed E-state index contributed by atoms with van der Waals surface area (Å²) >= 11 is 1.26. The maximum absolute atomic E-state index is 13.6. The molecule has 2 aromatic carbocycles. The molecule has 30 heavy (non-hydrogen) atoms. The summed E-state index contributed by atoms with van der Waals surface area (Å²) in [6.07, 6.45) is 2.85. The smallest absolute Gasteiger partial charge is 0.246 e. The highest BCUT2D eigenvalue weighted by molar-refractivity contribution is 7.99. The van der Waals surface area contributed by atoms with Gasteiger partial charge in [0.25, 0.3) is 0 Å². The predicted molar refractivity (Wildman–Crippen MR) is 116 cm³/mol. The summed E-state index contributed by atoms with van der Waals surface area (Å²) in [5.41, 5.74) is 0.382. The predicted octanol–water partition coefficient (Wildman–Crippen LogP) is 4.13. The van der Waals surface area contributed by atoms with E-state index in [1.165, 1.54) is 35.3 Å². The molecule has 1 N–H and O–H groups in total. The van der Waals surface area contributed by atoms with Crippen LogP contribution in [0.3, 0.4) is 0 Å². The molecule has 0 atom stereocenters. The number of halogens is 1. The monoisotopic (exact) mass is 452 g/mol. The lowest BCUT2D eigenvalue weighted by molar-refractivity contribution is -0.115. The first-order valence-corrected chi connectivity index (χ1v) is 12.2. The first-order valence-electron chi connectivity index (χ1n) is 9.77. The molecule has 1 fully saturated rings. The van der Waals surface area contributed by atoms with E-state index in [4.69, 9.17) is 4.74 Å². The van der Waals surface area contributed by atoms with E-state index < -0.39 is 10.0 Å². The number of carbonyl (C=O) groups excluding carboxylic acids is 1. The van der Waals surface area contributed by atoms with Crippen LogP contribution < -0.4 is 10.1 Å². The zero-order valence-corrected chi connectivity index (χ0v) is 18.4. The van der Waals surface area contributed by atoms with Gasteiger partial charge in [0, 0.05) is 35.8 Å². The van der Waals surface area contributed by atoms with Gasteiger partial charge in [-0.25, -0.2) is 12.8 Å². The fourth-order valence-electron chi connectivity index (χ4n) is 3.24. The number of carbonyl (C=O) groups is 1. The number of nitrogens with one attached hydrogen (secondary N) is 1. The average Bonchev–Trinajstić information content (AvgIpc) is 2.75. The Balaban J connectivity index is 1.67. The summed E-state index contributed by atoms with van der Waals surface area (Å²) in [7, 11) is -2.29. The zero-order valence-electron chi connectivity index (χ0n) is 16.8. The number of ether oxygens (including phenoxy) is 1. The summed E-state index contributed by atoms with van der Waals surface area (Å²) in [5, 5.41) is 2.73. The van der Waals surface area contributed by atoms with Crippen LogP contribution in [0.25, 0.3) is 0 Å². The van der Waals surface area contributed by atoms with E-state index in [1.54, 1.807) is 30.3 Å². The molecule has 0 saturated carbocycles. The second-order valence-corrected chi connectivity index (χ2v) is 9.95. The molecule has 162 valence electrons. The van der Waals surface area contributed by atoms with Crippen LogP contribution in [0.15, 0.2) is 52.3 Å². The number of amides is 1. The van der Waals surface area contributed by atoms with E-state index in [1.807, 2.05) is 0 Å². The van der Waals surface area contributed by atoms with Crippen LogP contribution in [0.4, 0.5) is 10.1 Å². The van der Waals surface area contributed by atoms with Gasteiger partial charge in [-0.1, -0.05) is 18.6 Å². The molecule has 0 spiro atoms. The van der Waals surface area contributed by atoms with Gasteiger partial charge in [-0.05, 0) is 43.2 Å². The fraction of sp³-hybridized carbons (Fsp3) is 0.381. The van der Waals surface area contributed by atoms with Gasteiger partial charge < -0.3 is 10.1 Å². The normalized spacial score (nSPS) is 15.0. The highest BCUT2D eigenvalue weighted by Gasteiger charge is 2.29. The van der Waals surface area contributed by atoms with Crippen molar-refractivity contribution in [3.8, 4) is 5.75 Å². The Labute approximate surface area is 180 Å². The minimum atomic E-state index is -3.71. The Morgan fingerprint density at radius 1 is 1.17 bits per heavy atom. The molecule has 1 aliphatic rings. The molecular weight excluding hydrogens is 427 g/mol. The van der Waals surface area contributed by atoms with Crippen molar-refractivity contribution in [1.82, 2.24) is 4.31 Å². The zero-order chi connectivity index (χ0) is 21.6. The molecule has 1 aliphatic heterocycles. The number of nitrogens with zero attached hydrogens (tertiary/aromatic N) is 1. The van der Waals surface area contributed by atoms with E-state index in [2.05, 4.69) is 5.32 Å². The van der Waals surface area contributed by atoms with Crippen molar-refractivity contribution in [2.24, 2.45) is 0 Å². The summed E-state index contributed by atoms with van der Waals surface area (Å²) < 4.78 is 46.5. The van der Waals surface area contributed by atoms with Crippen molar-refractivity contribution in [3.05, 3.63) is 48.3 Å². The van der Waals surface area contributed by atoms with Gasteiger partial charge in [0.2, 0.25) is 15.9 Å². The maximum Gasteiger partial charge on any atom is 0.246 e. The van der Waals surface area contributed by atoms with Crippen LogP contribution in [0.1, 0.15) is 25.7 Å². The molecule has 2 aromatic rings. The van der Waals surface area contributed by atoms with Gasteiger partial charge in [0.1, 0.15) is 16.5 Å². The average molecular weight is 453 g/mol. The second kappa shape index (κ2) is 10.3. The number of anilines is 1. The quantitative estimate of drug-likeness (QED) is 0.610. The summed E-state index contributed by atoms with van der Waals surface area (Å²) in [4.78, 5) is 12.8. The summed E-state index contributed by atoms with van der Waals surface area (Å²) in [6, 6.07) is 11.0. The van der Waals surface area contributed by atoms with Crippen LogP contribution in [-0.2, 0) is 14.8 Å². The van der Waals surface area contributed by atoms with Crippen LogP contribution in [0.5, 0.6) is 5.75 Å². The van der Waals surface area contributed by atoms with Crippen LogP contribution >= 0.6 is 11.8 Å². The van der Waals surface area contributed by atoms with Crippen molar-refractivity contribution < 1.29 is 22.3 Å². The SMILES string of the molecule is COc1ccc(NC(=O)CCSc2ccccc2F)cc1S(=O)(=O)N1CCCCC1. The molecule has 6 nitrogen and oxygen atoms in total. The Kier molecular flexibility index (Phi) is 7.74. The third kappa shape index (κ3) is 5.53. The van der Waals surface area contributed by atoms with Crippen molar-refractivity contribution in [3.63, 3.8) is 0 Å². The number of piperidine rings is 1. The lowest BCUT2D eigenvalue weighted by Gasteiger charge is -2.26. The number of benzene rings is 2. The topological polar surface area (TPSA) is 75.7 Å². The highest BCUT2D eigenvalue weighted by atomic mass is 32.2. The number of methoxy groups -OCH3 is 1. The minimum absolute atomic E-state index is 0.0467. The number of rotatable bonds is 8. The van der Waals surface area contributed by atoms with Gasteiger partial charge in [-0.3, -0.25) is 4.79 Å². The molecule has 0 unspecified atom stereocenters. The maximum atomic E-state index is 13.6. The minimum Gasteiger partial charge on any atom is -0.495 e. The molecule has 1 amide bonds. The fourth-order valence-corrected chi connectivity index (χ4v) is 5.83. The Bertz CT molecular complexity index is 992. The molecule has 0 aromatic heterocycles. The van der Waals surface area contributed by atoms with E-state index in [9.17, 15) is 17.6 Å². The molecule has 3 rings (SSSR count). The first-order chi connectivity index (χ1) is 14.4. The van der Waals surface area contributed by atoms with Gasteiger partial charge in [-0.2, -0.15) is 4.31 Å². The Hall–Kier alpha value is -2.10. The summed E-state index contributed by atoms with van der Waals surface area (Å²) in [5.74, 6) is 0.0617. The number of hydrogen-bond acceptors (Lipinski definition) is 5. The number of hydrogen-bond donors (Lipinski definition) is 1. The molecular formula is C21H25FN2O4S2. The van der Waals surface area contributed by atoms with Gasteiger partial charge in [0.15, 0.2) is 0 Å². The van der Waals surface area contributed by atoms with Gasteiger partial charge in [0.05, 0.1) is 7.11 Å². The Morgan fingerprint density at radius 2 is 1.90 bits per heavy atom. The molecule has 0 bridgehead atoms. The van der Waals surface area contributed by atoms with Crippen molar-refractivity contribution in [2.75, 3.05) is 31.3 Å². The van der Waals surface area contributed by atoms with E-state index in [-0.39, 0.29) is 28.8 Å². The van der Waals surface area contributed by atoms with Crippen LogP contribution in [0, 0.1) is 5.82 Å². The molecule has 1 heterocycles. The Morgan fingerprint density at radius 3 is 2.60 bits per heavy atom. The highest BCUT2D eigenvalue weighted by Crippen LogP contribution is 2.31. The van der Waals surface area contributed by atoms with Gasteiger partial charge >= 0.3 is 0 Å². The van der Waals surface area contributed by atoms with Crippen molar-refractivity contribution >= 4 is 33.4 Å². The van der Waals surface area contributed by atoms with Crippen LogP contribution in [-0.4, -0.2) is 44.6 Å². The van der Waals surface area contributed by atoms with Crippen LogP contribution in [0.2, 0.25) is 0 Å². The lowest BCUT2D eigenvalue weighted by Crippen LogP contribution is -2.35. The molecule has 0 aliphatic carbocycles. The largest absolute Gasteiger partial charge is 0.495 e. The first kappa shape index (κ1) is 22.6. The van der Waals surface area contributed by atoms with Gasteiger partial charge in [-0.15, -0.1) is 11.8 Å². The standard InChI is InChI=1S/C21H25FN2O4S2/c1-28-18-10-9-16(15-20(18)30(26,27)24-12-5-2-6-13-24)23-21(25)11-14-29-19-8-4-3-7-17(19)22/h3-4,7-10,15H,2,5-6,11-14H2,1H3,(H,23,25). The lowest BCUT2D eigenvalue weighted by atomic mass is 10.2. The third-order valence-electron chi connectivity index (χ3n) is 4.80. The molecule has 9 heteroatoms. The van der Waals surface area contributed by atoms with E-state index in [0.717, 1.165) is 19.3 Å².